The van der Waals surface area contributed by atoms with Gasteiger partial charge in [-0.25, -0.2) is 0 Å². The van der Waals surface area contributed by atoms with Crippen molar-refractivity contribution in [2.24, 2.45) is 0 Å². The topological polar surface area (TPSA) is 69.7 Å². The molecule has 4 rings (SSSR count). The van der Waals surface area contributed by atoms with Crippen molar-refractivity contribution in [3.05, 3.63) is 48.3 Å². The molecule has 4 aliphatic rings. The van der Waals surface area contributed by atoms with Gasteiger partial charge in [-0.05, 0) is 19.6 Å². The van der Waals surface area contributed by atoms with Gasteiger partial charge in [0.1, 0.15) is 0 Å². The Hall–Kier alpha value is 1.70. The standard InChI is InChI=1S/2C5H7NO.C5H9.C4H8N.C2H3O.3CH3.3V.2W/c2*7-5-6-3-1-2-4-6;2*1-2-4-5-3-1;1-2-3;;;;;;;;/h2*3H,1-2,4H2;1H,2-5H2;3,5H,1-2,4H2;1H3;3*1H3;;;;;/q2*-2;6*-1;5*+2. The summed E-state index contributed by atoms with van der Waals surface area (Å²) in [5.41, 5.74) is 0. The van der Waals surface area contributed by atoms with Crippen molar-refractivity contribution in [3.63, 3.8) is 0 Å². The van der Waals surface area contributed by atoms with Crippen molar-refractivity contribution in [1.29, 1.82) is 0 Å². The first kappa shape index (κ1) is 61.0. The molecular formula is C24H43N3O3V3W2. The zero-order chi connectivity index (χ0) is 20.0. The minimum absolute atomic E-state index is 0. The molecule has 1 N–H and O–H groups in total. The second kappa shape index (κ2) is 52.2. The van der Waals surface area contributed by atoms with E-state index in [4.69, 9.17) is 4.79 Å². The van der Waals surface area contributed by atoms with Crippen LogP contribution < -0.4 is 5.32 Å². The summed E-state index contributed by atoms with van der Waals surface area (Å²) in [6.45, 7) is 10.1. The minimum atomic E-state index is 0. The molecule has 2 amide bonds. The van der Waals surface area contributed by atoms with Gasteiger partial charge in [0.15, 0.2) is 0 Å². The molecule has 0 aromatic rings. The molecule has 3 radical (unpaired) electrons. The second-order valence-corrected chi connectivity index (χ2v) is 6.30. The summed E-state index contributed by atoms with van der Waals surface area (Å²) in [7, 11) is 0. The predicted octanol–water partition coefficient (Wildman–Crippen LogP) is 4.37. The van der Waals surface area contributed by atoms with Crippen molar-refractivity contribution in [3.8, 4) is 0 Å². The van der Waals surface area contributed by atoms with Gasteiger partial charge in [-0.2, -0.15) is 51.8 Å². The van der Waals surface area contributed by atoms with E-state index in [9.17, 15) is 9.59 Å². The van der Waals surface area contributed by atoms with E-state index < -0.39 is 0 Å². The van der Waals surface area contributed by atoms with E-state index in [1.165, 1.54) is 58.3 Å². The molecule has 3 heterocycles. The van der Waals surface area contributed by atoms with Crippen LogP contribution in [0.2, 0.25) is 0 Å². The average molecular weight is 942 g/mol. The van der Waals surface area contributed by atoms with E-state index in [0.29, 0.717) is 0 Å². The van der Waals surface area contributed by atoms with Gasteiger partial charge in [-0.15, -0.1) is 0 Å². The van der Waals surface area contributed by atoms with Gasteiger partial charge in [0.25, 0.3) is 0 Å². The third kappa shape index (κ3) is 46.0. The summed E-state index contributed by atoms with van der Waals surface area (Å²) < 4.78 is 0. The van der Waals surface area contributed by atoms with Crippen LogP contribution in [-0.4, -0.2) is 48.5 Å². The van der Waals surface area contributed by atoms with Crippen LogP contribution in [0.5, 0.6) is 0 Å². The normalized spacial score (nSPS) is 15.3. The van der Waals surface area contributed by atoms with Crippen LogP contribution in [0.1, 0.15) is 71.1 Å². The van der Waals surface area contributed by atoms with E-state index in [1.807, 2.05) is 13.1 Å². The average Bonchev–Trinajstić information content (AvgIpc) is 3.52. The van der Waals surface area contributed by atoms with Crippen LogP contribution in [0.25, 0.3) is 0 Å². The monoisotopic (exact) mass is 942 g/mol. The Morgan fingerprint density at radius 3 is 1.17 bits per heavy atom. The molecule has 6 nitrogen and oxygen atoms in total. The third-order valence-electron chi connectivity index (χ3n) is 4.02. The molecule has 0 unspecified atom stereocenters. The number of amides is 2. The Morgan fingerprint density at radius 2 is 1.06 bits per heavy atom. The van der Waals surface area contributed by atoms with Gasteiger partial charge in [-0.3, -0.25) is 25.9 Å². The maximum Gasteiger partial charge on any atom is 2.00 e. The summed E-state index contributed by atoms with van der Waals surface area (Å²) in [5, 5.41) is 3.10. The van der Waals surface area contributed by atoms with E-state index >= 15 is 0 Å². The molecule has 0 spiro atoms. The molecule has 11 heteroatoms. The molecule has 0 aromatic carbocycles. The first-order valence-corrected chi connectivity index (χ1v) is 9.89. The molecule has 0 aromatic heterocycles. The largest absolute Gasteiger partial charge is 2.00 e. The number of rotatable bonds is 2. The van der Waals surface area contributed by atoms with Crippen LogP contribution >= 0.6 is 0 Å². The fraction of sp³-hybridized carbons (Fsp3) is 0.583. The van der Waals surface area contributed by atoms with Crippen molar-refractivity contribution in [2.75, 3.05) is 19.6 Å². The molecule has 0 atom stereocenters. The number of likely N-dealkylation sites (tertiary alicyclic amines) is 2. The van der Waals surface area contributed by atoms with Gasteiger partial charge < -0.3 is 58.2 Å². The van der Waals surface area contributed by atoms with Crippen molar-refractivity contribution in [2.45, 2.75) is 71.1 Å². The van der Waals surface area contributed by atoms with E-state index in [-0.39, 0.29) is 120 Å². The number of nitrogens with zero attached hydrogens (tertiary/aromatic N) is 2. The van der Waals surface area contributed by atoms with Gasteiger partial charge >= 0.3 is 97.8 Å². The van der Waals surface area contributed by atoms with E-state index in [0.717, 1.165) is 38.8 Å². The molecule has 1 saturated carbocycles. The summed E-state index contributed by atoms with van der Waals surface area (Å²) in [5.74, 6) is 0. The van der Waals surface area contributed by atoms with Gasteiger partial charge in [0.05, 0.1) is 0 Å². The summed E-state index contributed by atoms with van der Waals surface area (Å²) in [6.07, 6.45) is 20.0. The van der Waals surface area contributed by atoms with Gasteiger partial charge in [0.2, 0.25) is 0 Å². The fourth-order valence-electron chi connectivity index (χ4n) is 2.60. The Labute approximate surface area is 283 Å². The number of carbonyl (C=O) groups excluding carboxylic acids is 3. The van der Waals surface area contributed by atoms with Crippen LogP contribution in [-0.2, 0) is 112 Å². The molecule has 1 aliphatic carbocycles. The predicted molar refractivity (Wildman–Crippen MR) is 127 cm³/mol. The summed E-state index contributed by atoms with van der Waals surface area (Å²) in [6, 6.07) is 0. The van der Waals surface area contributed by atoms with Crippen molar-refractivity contribution in [1.82, 2.24) is 15.1 Å². The van der Waals surface area contributed by atoms with Crippen LogP contribution in [0, 0.1) is 48.3 Å². The third-order valence-corrected chi connectivity index (χ3v) is 4.02. The minimum Gasteiger partial charge on any atom is -0.666 e. The Balaban J connectivity index is -0.0000000333. The quantitative estimate of drug-likeness (QED) is 0.419. The first-order chi connectivity index (χ1) is 13.3. The molecule has 4 fully saturated rings. The van der Waals surface area contributed by atoms with E-state index in [1.54, 1.807) is 22.6 Å². The molecule has 3 aliphatic heterocycles. The van der Waals surface area contributed by atoms with Gasteiger partial charge in [0, 0.05) is 0 Å². The Bertz CT molecular complexity index is 315. The molecule has 3 saturated heterocycles. The number of hydrogen-bond acceptors (Lipinski definition) is 4. The fourth-order valence-corrected chi connectivity index (χ4v) is 2.60. The zero-order valence-electron chi connectivity index (χ0n) is 21.8. The summed E-state index contributed by atoms with van der Waals surface area (Å²) in [4.78, 5) is 31.3. The zero-order valence-corrected chi connectivity index (χ0v) is 31.8. The van der Waals surface area contributed by atoms with Crippen LogP contribution in [0.15, 0.2) is 0 Å². The molecule has 199 valence electrons. The maximum absolute atomic E-state index is 9.78. The smallest absolute Gasteiger partial charge is 0.666 e. The molecular weight excluding hydrogens is 899 g/mol. The van der Waals surface area contributed by atoms with Crippen LogP contribution in [0.4, 0.5) is 0 Å². The van der Waals surface area contributed by atoms with Gasteiger partial charge in [-0.1, -0.05) is 32.1 Å². The second-order valence-electron chi connectivity index (χ2n) is 6.30. The summed E-state index contributed by atoms with van der Waals surface area (Å²) >= 11 is 0. The molecule has 35 heavy (non-hydrogen) atoms. The van der Waals surface area contributed by atoms with Crippen molar-refractivity contribution >= 4 is 19.1 Å². The number of hydrogen-bond donors (Lipinski definition) is 1. The maximum atomic E-state index is 9.78. The van der Waals surface area contributed by atoms with Crippen LogP contribution in [0.3, 0.4) is 0 Å². The SMILES string of the molecule is C[C-]=O.O=[C-]N1[CH-]CCC1.O=[C-]N1[CH-]CCC1.[CH-]1CCCC1.[CH-]1CCCN1.[CH3-].[CH3-].[CH3-].[V+2].[V+2].[V+2].[W+2].[W+2]. The van der Waals surface area contributed by atoms with E-state index in [2.05, 4.69) is 18.3 Å². The number of nitrogens with one attached hydrogen (secondary N) is 1. The molecule has 0 bridgehead atoms. The Morgan fingerprint density at radius 1 is 0.657 bits per heavy atom. The van der Waals surface area contributed by atoms with Crippen molar-refractivity contribution < 1.29 is 112 Å². The first-order valence-electron chi connectivity index (χ1n) is 9.89. The Kier molecular flexibility index (Phi) is 90.9.